The summed E-state index contributed by atoms with van der Waals surface area (Å²) in [6.45, 7) is 0.444. The monoisotopic (exact) mass is 430 g/mol. The van der Waals surface area contributed by atoms with Gasteiger partial charge in [-0.3, -0.25) is 4.79 Å². The molecule has 4 aromatic rings. The van der Waals surface area contributed by atoms with E-state index in [1.165, 1.54) is 0 Å². The van der Waals surface area contributed by atoms with Gasteiger partial charge in [-0.05, 0) is 17.7 Å². The van der Waals surface area contributed by atoms with Crippen LogP contribution in [0, 0.1) is 11.3 Å². The average Bonchev–Trinajstić information content (AvgIpc) is 3.43. The fourth-order valence-corrected chi connectivity index (χ4v) is 4.06. The number of nitrogens with one attached hydrogen (secondary N) is 1. The number of nitrogens with zero attached hydrogens (tertiary/aromatic N) is 2. The molecular weight excluding hydrogens is 412 g/mol. The predicted octanol–water partition coefficient (Wildman–Crippen LogP) is 4.71. The second-order valence-corrected chi connectivity index (χ2v) is 7.66. The number of ketones is 1. The van der Waals surface area contributed by atoms with Crippen molar-refractivity contribution in [3.8, 4) is 23.1 Å². The number of thiophene rings is 1. The van der Waals surface area contributed by atoms with E-state index in [1.807, 2.05) is 54.6 Å². The maximum Gasteiger partial charge on any atom is 0.243 e. The van der Waals surface area contributed by atoms with Crippen molar-refractivity contribution >= 4 is 27.8 Å². The third-order valence-electron chi connectivity index (χ3n) is 4.65. The summed E-state index contributed by atoms with van der Waals surface area (Å²) in [7, 11) is 1.60. The van der Waals surface area contributed by atoms with Crippen LogP contribution in [-0.4, -0.2) is 18.0 Å². The Morgan fingerprint density at radius 1 is 1.23 bits per heavy atom. The third kappa shape index (κ3) is 4.13. The summed E-state index contributed by atoms with van der Waals surface area (Å²) in [5.74, 6) is 0.389. The van der Waals surface area contributed by atoms with Crippen molar-refractivity contribution in [3.63, 3.8) is 0 Å². The quantitative estimate of drug-likeness (QED) is 0.408. The number of nitriles is 1. The zero-order valence-corrected chi connectivity index (χ0v) is 17.4. The number of carbonyl (C=O) groups excluding carboxylic acids is 1. The highest BCUT2D eigenvalue weighted by molar-refractivity contribution is 7.19. The second kappa shape index (κ2) is 8.73. The topological polar surface area (TPSA) is 114 Å². The molecule has 8 heteroatoms. The summed E-state index contributed by atoms with van der Waals surface area (Å²) >= 11 is 1.12. The van der Waals surface area contributed by atoms with Crippen molar-refractivity contribution in [3.05, 3.63) is 82.4 Å². The summed E-state index contributed by atoms with van der Waals surface area (Å²) in [5, 5.41) is 17.3. The summed E-state index contributed by atoms with van der Waals surface area (Å²) in [6, 6.07) is 20.6. The Labute approximate surface area is 182 Å². The molecule has 2 heterocycles. The number of aromatic nitrogens is 1. The lowest BCUT2D eigenvalue weighted by Gasteiger charge is -2.06. The summed E-state index contributed by atoms with van der Waals surface area (Å²) < 4.78 is 10.5. The third-order valence-corrected chi connectivity index (χ3v) is 5.82. The molecule has 0 radical (unpaired) electrons. The highest BCUT2D eigenvalue weighted by atomic mass is 32.1. The zero-order chi connectivity index (χ0) is 21.8. The lowest BCUT2D eigenvalue weighted by atomic mass is 10.1. The molecule has 0 unspecified atom stereocenters. The van der Waals surface area contributed by atoms with Gasteiger partial charge in [-0.25, -0.2) is 0 Å². The smallest absolute Gasteiger partial charge is 0.243 e. The molecule has 2 aromatic carbocycles. The minimum Gasteiger partial charge on any atom is -0.497 e. The number of hydrogen-bond donors (Lipinski definition) is 2. The normalized spacial score (nSPS) is 10.5. The Kier molecular flexibility index (Phi) is 5.69. The molecule has 7 nitrogen and oxygen atoms in total. The summed E-state index contributed by atoms with van der Waals surface area (Å²) in [5.41, 5.74) is 8.85. The van der Waals surface area contributed by atoms with Gasteiger partial charge in [-0.15, -0.1) is 11.3 Å². The molecule has 0 saturated carbocycles. The van der Waals surface area contributed by atoms with Crippen LogP contribution < -0.4 is 15.8 Å². The van der Waals surface area contributed by atoms with Crippen molar-refractivity contribution in [1.29, 1.82) is 5.26 Å². The van der Waals surface area contributed by atoms with Gasteiger partial charge in [0, 0.05) is 18.2 Å². The van der Waals surface area contributed by atoms with Gasteiger partial charge in [0.25, 0.3) is 0 Å². The average molecular weight is 430 g/mol. The molecule has 0 aliphatic rings. The molecule has 0 bridgehead atoms. The lowest BCUT2D eigenvalue weighted by molar-refractivity contribution is 0.100. The number of methoxy groups -OCH3 is 1. The molecule has 154 valence electrons. The maximum absolute atomic E-state index is 13.0. The zero-order valence-electron chi connectivity index (χ0n) is 16.6. The Hall–Kier alpha value is -4.09. The minimum absolute atomic E-state index is 0.0654. The fraction of sp³-hybridized carbons (Fsp3) is 0.0870. The van der Waals surface area contributed by atoms with Crippen LogP contribution >= 0.6 is 11.3 Å². The maximum atomic E-state index is 13.0. The first-order chi connectivity index (χ1) is 15.1. The molecule has 0 atom stereocenters. The molecule has 0 aliphatic heterocycles. The highest BCUT2D eigenvalue weighted by Crippen LogP contribution is 2.37. The van der Waals surface area contributed by atoms with Crippen LogP contribution in [0.25, 0.3) is 11.3 Å². The first kappa shape index (κ1) is 20.2. The van der Waals surface area contributed by atoms with Gasteiger partial charge in [-0.2, -0.15) is 5.26 Å². The molecule has 31 heavy (non-hydrogen) atoms. The van der Waals surface area contributed by atoms with E-state index in [0.717, 1.165) is 28.2 Å². The summed E-state index contributed by atoms with van der Waals surface area (Å²) in [6.07, 6.45) is 0. The number of hydrogen-bond acceptors (Lipinski definition) is 8. The SMILES string of the molecule is COc1cccc(CNc2sc(C(=O)c3cc(-c4ccccc4)no3)c(N)c2C#N)c1. The van der Waals surface area contributed by atoms with Crippen LogP contribution in [0.5, 0.6) is 5.75 Å². The molecule has 0 fully saturated rings. The van der Waals surface area contributed by atoms with Crippen molar-refractivity contribution in [2.45, 2.75) is 6.54 Å². The number of ether oxygens (including phenoxy) is 1. The van der Waals surface area contributed by atoms with Crippen molar-refractivity contribution in [1.82, 2.24) is 5.16 Å². The van der Waals surface area contributed by atoms with Crippen molar-refractivity contribution in [2.75, 3.05) is 18.2 Å². The van der Waals surface area contributed by atoms with Gasteiger partial charge in [0.1, 0.15) is 33.0 Å². The number of anilines is 2. The van der Waals surface area contributed by atoms with Gasteiger partial charge in [0.2, 0.25) is 11.5 Å². The lowest BCUT2D eigenvalue weighted by Crippen LogP contribution is -2.01. The minimum atomic E-state index is -0.414. The number of carbonyl (C=O) groups is 1. The van der Waals surface area contributed by atoms with Crippen molar-refractivity contribution < 1.29 is 14.1 Å². The van der Waals surface area contributed by atoms with E-state index < -0.39 is 5.78 Å². The van der Waals surface area contributed by atoms with Crippen LogP contribution in [0.2, 0.25) is 0 Å². The first-order valence-corrected chi connectivity index (χ1v) is 10.2. The van der Waals surface area contributed by atoms with Gasteiger partial charge in [0.05, 0.1) is 12.8 Å². The Balaban J connectivity index is 1.58. The number of rotatable bonds is 7. The van der Waals surface area contributed by atoms with Gasteiger partial charge in [0.15, 0.2) is 0 Å². The van der Waals surface area contributed by atoms with E-state index in [4.69, 9.17) is 15.0 Å². The Bertz CT molecular complexity index is 1270. The Morgan fingerprint density at radius 2 is 2.03 bits per heavy atom. The van der Waals surface area contributed by atoms with Gasteiger partial charge >= 0.3 is 0 Å². The van der Waals surface area contributed by atoms with E-state index >= 15 is 0 Å². The van der Waals surface area contributed by atoms with Gasteiger partial charge < -0.3 is 20.3 Å². The number of nitrogens with two attached hydrogens (primary N) is 1. The molecule has 0 amide bonds. The largest absolute Gasteiger partial charge is 0.497 e. The van der Waals surface area contributed by atoms with Crippen LogP contribution in [0.1, 0.15) is 26.6 Å². The molecule has 3 N–H and O–H groups in total. The van der Waals surface area contributed by atoms with Crippen LogP contribution in [0.3, 0.4) is 0 Å². The van der Waals surface area contributed by atoms with E-state index in [2.05, 4.69) is 16.5 Å². The van der Waals surface area contributed by atoms with Crippen LogP contribution in [0.15, 0.2) is 65.2 Å². The van der Waals surface area contributed by atoms with Crippen molar-refractivity contribution in [2.24, 2.45) is 0 Å². The first-order valence-electron chi connectivity index (χ1n) is 9.36. The van der Waals surface area contributed by atoms with Crippen LogP contribution in [-0.2, 0) is 6.54 Å². The Morgan fingerprint density at radius 3 is 2.77 bits per heavy atom. The van der Waals surface area contributed by atoms with E-state index in [-0.39, 0.29) is 21.9 Å². The van der Waals surface area contributed by atoms with E-state index in [1.54, 1.807) is 13.2 Å². The van der Waals surface area contributed by atoms with Crippen LogP contribution in [0.4, 0.5) is 10.7 Å². The molecule has 0 saturated heterocycles. The fourth-order valence-electron chi connectivity index (χ4n) is 3.05. The van der Waals surface area contributed by atoms with Gasteiger partial charge in [-0.1, -0.05) is 47.6 Å². The molecule has 0 spiro atoms. The van der Waals surface area contributed by atoms with E-state index in [0.29, 0.717) is 17.2 Å². The summed E-state index contributed by atoms with van der Waals surface area (Å²) in [4.78, 5) is 13.2. The standard InChI is InChI=1S/C23H18N4O3S/c1-29-16-9-5-6-14(10-16)13-26-23-17(12-24)20(25)22(31-23)21(28)19-11-18(27-30-19)15-7-3-2-4-8-15/h2-11,26H,13,25H2,1H3. The second-order valence-electron chi connectivity index (χ2n) is 6.64. The van der Waals surface area contributed by atoms with E-state index in [9.17, 15) is 10.1 Å². The number of benzene rings is 2. The molecule has 0 aliphatic carbocycles. The predicted molar refractivity (Wildman–Crippen MR) is 119 cm³/mol. The highest BCUT2D eigenvalue weighted by Gasteiger charge is 2.25. The molecular formula is C23H18N4O3S. The molecule has 2 aromatic heterocycles. The molecule has 4 rings (SSSR count). The number of nitrogen functional groups attached to an aromatic ring is 1.